The van der Waals surface area contributed by atoms with Crippen LogP contribution in [0.5, 0.6) is 0 Å². The lowest BCUT2D eigenvalue weighted by atomic mass is 10.0. The van der Waals surface area contributed by atoms with Gasteiger partial charge in [0.05, 0.1) is 12.9 Å². The first kappa shape index (κ1) is 17.7. The predicted octanol–water partition coefficient (Wildman–Crippen LogP) is 4.51. The second kappa shape index (κ2) is 8.87. The zero-order valence-electron chi connectivity index (χ0n) is 14.5. The lowest BCUT2D eigenvalue weighted by molar-refractivity contribution is -0.145. The molecule has 0 aliphatic carbocycles. The number of carbonyl (C=O) groups is 1. The zero-order valence-corrected chi connectivity index (χ0v) is 14.5. The van der Waals surface area contributed by atoms with E-state index in [0.29, 0.717) is 6.54 Å². The fourth-order valence-electron chi connectivity index (χ4n) is 2.55. The van der Waals surface area contributed by atoms with Gasteiger partial charge in [-0.2, -0.15) is 0 Å². The van der Waals surface area contributed by atoms with Crippen LogP contribution in [-0.2, 0) is 22.5 Å². The lowest BCUT2D eigenvalue weighted by Gasteiger charge is -2.17. The molecule has 0 saturated heterocycles. The number of rotatable bonds is 7. The van der Waals surface area contributed by atoms with Crippen molar-refractivity contribution in [3.63, 3.8) is 0 Å². The standard InChI is InChI=1S/C20H24N2O2/c1-4-18-10-11-19(12-20(18)15(2)24-16(3)23)22-14-21-13-17-8-6-5-7-9-17/h5-12,14-15H,4,13H2,1-3H3,(H,21,22). The van der Waals surface area contributed by atoms with Gasteiger partial charge in [0.25, 0.3) is 0 Å². The molecule has 0 spiro atoms. The Morgan fingerprint density at radius 1 is 1.25 bits per heavy atom. The van der Waals surface area contributed by atoms with Crippen LogP contribution in [0.1, 0.15) is 43.6 Å². The van der Waals surface area contributed by atoms with E-state index < -0.39 is 0 Å². The van der Waals surface area contributed by atoms with E-state index in [-0.39, 0.29) is 12.1 Å². The number of carbonyl (C=O) groups excluding carboxylic acids is 1. The SMILES string of the molecule is CCc1ccc(NC=NCc2ccccc2)cc1C(C)OC(C)=O. The maximum atomic E-state index is 11.2. The number of benzene rings is 2. The molecule has 1 N–H and O–H groups in total. The molecule has 24 heavy (non-hydrogen) atoms. The third-order valence-electron chi connectivity index (χ3n) is 3.75. The van der Waals surface area contributed by atoms with E-state index in [4.69, 9.17) is 4.74 Å². The summed E-state index contributed by atoms with van der Waals surface area (Å²) in [5, 5.41) is 3.18. The number of esters is 1. The summed E-state index contributed by atoms with van der Waals surface area (Å²) in [6, 6.07) is 16.2. The number of nitrogens with one attached hydrogen (secondary N) is 1. The average Bonchev–Trinajstić information content (AvgIpc) is 2.59. The van der Waals surface area contributed by atoms with Crippen LogP contribution in [0, 0.1) is 0 Å². The summed E-state index contributed by atoms with van der Waals surface area (Å²) in [5.74, 6) is -0.271. The second-order valence-corrected chi connectivity index (χ2v) is 5.62. The van der Waals surface area contributed by atoms with Crippen molar-refractivity contribution < 1.29 is 9.53 Å². The largest absolute Gasteiger partial charge is 0.458 e. The van der Waals surface area contributed by atoms with E-state index >= 15 is 0 Å². The predicted molar refractivity (Wildman–Crippen MR) is 98.3 cm³/mol. The fourth-order valence-corrected chi connectivity index (χ4v) is 2.55. The van der Waals surface area contributed by atoms with Crippen LogP contribution in [-0.4, -0.2) is 12.3 Å². The zero-order chi connectivity index (χ0) is 17.4. The molecule has 0 saturated carbocycles. The molecule has 0 heterocycles. The van der Waals surface area contributed by atoms with Gasteiger partial charge in [0.15, 0.2) is 0 Å². The first-order chi connectivity index (χ1) is 11.6. The van der Waals surface area contributed by atoms with Crippen molar-refractivity contribution in [2.45, 2.75) is 39.8 Å². The molecule has 0 aliphatic heterocycles. The molecule has 2 aromatic rings. The average molecular weight is 324 g/mol. The van der Waals surface area contributed by atoms with Crippen molar-refractivity contribution in [2.24, 2.45) is 4.99 Å². The first-order valence-electron chi connectivity index (χ1n) is 8.19. The van der Waals surface area contributed by atoms with Crippen molar-refractivity contribution in [1.82, 2.24) is 0 Å². The van der Waals surface area contributed by atoms with Gasteiger partial charge in [-0.3, -0.25) is 9.79 Å². The number of aliphatic imine (C=N–C) groups is 1. The summed E-state index contributed by atoms with van der Waals surface area (Å²) >= 11 is 0. The van der Waals surface area contributed by atoms with Crippen molar-refractivity contribution >= 4 is 18.0 Å². The topological polar surface area (TPSA) is 50.7 Å². The van der Waals surface area contributed by atoms with Crippen LogP contribution in [0.4, 0.5) is 5.69 Å². The lowest BCUT2D eigenvalue weighted by Crippen LogP contribution is -2.08. The Kier molecular flexibility index (Phi) is 6.55. The molecule has 0 aliphatic rings. The van der Waals surface area contributed by atoms with Crippen molar-refractivity contribution in [2.75, 3.05) is 5.32 Å². The summed E-state index contributed by atoms with van der Waals surface area (Å²) in [7, 11) is 0. The molecule has 0 fully saturated rings. The minimum atomic E-state index is -0.271. The van der Waals surface area contributed by atoms with Crippen LogP contribution in [0.3, 0.4) is 0 Å². The third kappa shape index (κ3) is 5.23. The normalized spacial score (nSPS) is 12.1. The van der Waals surface area contributed by atoms with E-state index in [1.54, 1.807) is 6.34 Å². The quantitative estimate of drug-likeness (QED) is 0.463. The Morgan fingerprint density at radius 2 is 2.00 bits per heavy atom. The summed E-state index contributed by atoms with van der Waals surface area (Å²) in [5.41, 5.74) is 4.30. The van der Waals surface area contributed by atoms with Crippen LogP contribution >= 0.6 is 0 Å². The van der Waals surface area contributed by atoms with Crippen LogP contribution in [0.25, 0.3) is 0 Å². The van der Waals surface area contributed by atoms with Gasteiger partial charge in [0, 0.05) is 12.6 Å². The smallest absolute Gasteiger partial charge is 0.303 e. The van der Waals surface area contributed by atoms with Gasteiger partial charge in [0.1, 0.15) is 6.10 Å². The second-order valence-electron chi connectivity index (χ2n) is 5.62. The Hall–Kier alpha value is -2.62. The number of hydrogen-bond donors (Lipinski definition) is 1. The number of nitrogens with zero attached hydrogens (tertiary/aromatic N) is 1. The van der Waals surface area contributed by atoms with Gasteiger partial charge in [-0.25, -0.2) is 0 Å². The fraction of sp³-hybridized carbons (Fsp3) is 0.300. The molecule has 4 heteroatoms. The Balaban J connectivity index is 2.03. The Morgan fingerprint density at radius 3 is 2.67 bits per heavy atom. The van der Waals surface area contributed by atoms with Crippen molar-refractivity contribution in [3.8, 4) is 0 Å². The van der Waals surface area contributed by atoms with Gasteiger partial charge >= 0.3 is 5.97 Å². The van der Waals surface area contributed by atoms with Gasteiger partial charge in [-0.15, -0.1) is 0 Å². The number of hydrogen-bond acceptors (Lipinski definition) is 3. The Labute approximate surface area is 143 Å². The van der Waals surface area contributed by atoms with Gasteiger partial charge < -0.3 is 10.1 Å². The summed E-state index contributed by atoms with van der Waals surface area (Å²) < 4.78 is 5.32. The molecule has 4 nitrogen and oxygen atoms in total. The summed E-state index contributed by atoms with van der Waals surface area (Å²) in [6.07, 6.45) is 2.33. The van der Waals surface area contributed by atoms with E-state index in [0.717, 1.165) is 17.7 Å². The number of anilines is 1. The number of aryl methyl sites for hydroxylation is 1. The minimum absolute atomic E-state index is 0.263. The van der Waals surface area contributed by atoms with Crippen molar-refractivity contribution in [3.05, 3.63) is 65.2 Å². The van der Waals surface area contributed by atoms with Crippen LogP contribution < -0.4 is 5.32 Å². The highest BCUT2D eigenvalue weighted by Crippen LogP contribution is 2.25. The van der Waals surface area contributed by atoms with Crippen LogP contribution in [0.15, 0.2) is 53.5 Å². The third-order valence-corrected chi connectivity index (χ3v) is 3.75. The highest BCUT2D eigenvalue weighted by Gasteiger charge is 2.13. The minimum Gasteiger partial charge on any atom is -0.458 e. The molecule has 2 aromatic carbocycles. The maximum absolute atomic E-state index is 11.2. The molecule has 1 atom stereocenters. The summed E-state index contributed by atoms with van der Waals surface area (Å²) in [4.78, 5) is 15.6. The molecule has 0 radical (unpaired) electrons. The maximum Gasteiger partial charge on any atom is 0.303 e. The molecular formula is C20H24N2O2. The van der Waals surface area contributed by atoms with Gasteiger partial charge in [0.2, 0.25) is 0 Å². The first-order valence-corrected chi connectivity index (χ1v) is 8.19. The monoisotopic (exact) mass is 324 g/mol. The van der Waals surface area contributed by atoms with E-state index in [1.807, 2.05) is 49.4 Å². The molecule has 0 bridgehead atoms. The molecule has 1 unspecified atom stereocenters. The molecule has 2 rings (SSSR count). The highest BCUT2D eigenvalue weighted by atomic mass is 16.5. The van der Waals surface area contributed by atoms with Crippen molar-refractivity contribution in [1.29, 1.82) is 0 Å². The van der Waals surface area contributed by atoms with E-state index in [1.165, 1.54) is 18.1 Å². The van der Waals surface area contributed by atoms with Gasteiger partial charge in [-0.1, -0.05) is 43.3 Å². The molecular weight excluding hydrogens is 300 g/mol. The van der Waals surface area contributed by atoms with Gasteiger partial charge in [-0.05, 0) is 42.2 Å². The molecule has 126 valence electrons. The van der Waals surface area contributed by atoms with E-state index in [2.05, 4.69) is 23.3 Å². The van der Waals surface area contributed by atoms with E-state index in [9.17, 15) is 4.79 Å². The molecule has 0 amide bonds. The highest BCUT2D eigenvalue weighted by molar-refractivity contribution is 5.76. The van der Waals surface area contributed by atoms with Crippen LogP contribution in [0.2, 0.25) is 0 Å². The Bertz CT molecular complexity index is 696. The number of ether oxygens (including phenoxy) is 1. The summed E-state index contributed by atoms with van der Waals surface area (Å²) in [6.45, 7) is 6.05. The molecule has 0 aromatic heterocycles.